The van der Waals surface area contributed by atoms with Gasteiger partial charge in [-0.05, 0) is 26.2 Å². The summed E-state index contributed by atoms with van der Waals surface area (Å²) in [5.41, 5.74) is 0. The summed E-state index contributed by atoms with van der Waals surface area (Å²) in [5, 5.41) is 3.33. The van der Waals surface area contributed by atoms with E-state index in [0.717, 1.165) is 56.4 Å². The monoisotopic (exact) mass is 264 g/mol. The van der Waals surface area contributed by atoms with E-state index in [0.29, 0.717) is 6.10 Å². The number of rotatable bonds is 5. The zero-order valence-corrected chi connectivity index (χ0v) is 12.1. The van der Waals surface area contributed by atoms with E-state index in [1.54, 1.807) is 7.11 Å². The molecule has 1 aliphatic rings. The zero-order chi connectivity index (χ0) is 13.7. The molecule has 1 saturated heterocycles. The van der Waals surface area contributed by atoms with Crippen LogP contribution in [0.1, 0.15) is 32.0 Å². The Kier molecular flexibility index (Phi) is 4.96. The molecule has 1 fully saturated rings. The average Bonchev–Trinajstić information content (AvgIpc) is 2.44. The van der Waals surface area contributed by atoms with Crippen LogP contribution in [-0.4, -0.2) is 42.8 Å². The maximum absolute atomic E-state index is 5.40. The molecule has 0 spiro atoms. The van der Waals surface area contributed by atoms with Gasteiger partial charge in [0.05, 0.1) is 6.10 Å². The Labute approximate surface area is 115 Å². The van der Waals surface area contributed by atoms with Crippen molar-refractivity contribution >= 4 is 11.6 Å². The van der Waals surface area contributed by atoms with Gasteiger partial charge in [-0.1, -0.05) is 6.92 Å². The second-order valence-electron chi connectivity index (χ2n) is 5.01. The van der Waals surface area contributed by atoms with Crippen LogP contribution in [0.3, 0.4) is 0 Å². The third-order valence-electron chi connectivity index (χ3n) is 3.48. The van der Waals surface area contributed by atoms with Gasteiger partial charge >= 0.3 is 0 Å². The number of hydrogen-bond acceptors (Lipinski definition) is 5. The summed E-state index contributed by atoms with van der Waals surface area (Å²) < 4.78 is 5.40. The second-order valence-corrected chi connectivity index (χ2v) is 5.01. The highest BCUT2D eigenvalue weighted by Crippen LogP contribution is 2.21. The van der Waals surface area contributed by atoms with Crippen molar-refractivity contribution in [3.05, 3.63) is 11.9 Å². The van der Waals surface area contributed by atoms with E-state index in [2.05, 4.69) is 33.2 Å². The summed E-state index contributed by atoms with van der Waals surface area (Å²) in [6, 6.07) is 2.05. The maximum atomic E-state index is 5.40. The van der Waals surface area contributed by atoms with E-state index in [1.807, 2.05) is 6.92 Å². The molecule has 0 bridgehead atoms. The van der Waals surface area contributed by atoms with Crippen molar-refractivity contribution in [2.75, 3.05) is 37.0 Å². The van der Waals surface area contributed by atoms with Crippen LogP contribution < -0.4 is 10.2 Å². The van der Waals surface area contributed by atoms with Crippen molar-refractivity contribution in [1.82, 2.24) is 9.97 Å². The Morgan fingerprint density at radius 3 is 2.74 bits per heavy atom. The summed E-state index contributed by atoms with van der Waals surface area (Å²) in [4.78, 5) is 11.3. The van der Waals surface area contributed by atoms with Crippen LogP contribution in [0, 0.1) is 6.92 Å². The van der Waals surface area contributed by atoms with Crippen molar-refractivity contribution in [1.29, 1.82) is 0 Å². The SMILES string of the molecule is CCCNc1cc(N2CCC(OC)CC2)nc(C)n1. The van der Waals surface area contributed by atoms with Crippen molar-refractivity contribution in [2.45, 2.75) is 39.2 Å². The molecule has 0 unspecified atom stereocenters. The predicted molar refractivity (Wildman–Crippen MR) is 77.8 cm³/mol. The topological polar surface area (TPSA) is 50.3 Å². The number of nitrogens with zero attached hydrogens (tertiary/aromatic N) is 3. The average molecular weight is 264 g/mol. The van der Waals surface area contributed by atoms with Gasteiger partial charge in [0.15, 0.2) is 0 Å². The summed E-state index contributed by atoms with van der Waals surface area (Å²) in [5.74, 6) is 2.78. The highest BCUT2D eigenvalue weighted by Gasteiger charge is 2.20. The largest absolute Gasteiger partial charge is 0.381 e. The molecule has 0 aromatic carbocycles. The van der Waals surface area contributed by atoms with E-state index in [1.165, 1.54) is 0 Å². The molecule has 1 aromatic heterocycles. The lowest BCUT2D eigenvalue weighted by atomic mass is 10.1. The molecule has 19 heavy (non-hydrogen) atoms. The van der Waals surface area contributed by atoms with E-state index in [9.17, 15) is 0 Å². The number of nitrogens with one attached hydrogen (secondary N) is 1. The quantitative estimate of drug-likeness (QED) is 0.883. The molecule has 0 radical (unpaired) electrons. The summed E-state index contributed by atoms with van der Waals surface area (Å²) in [7, 11) is 1.79. The number of piperidine rings is 1. The second kappa shape index (κ2) is 6.70. The number of aromatic nitrogens is 2. The van der Waals surface area contributed by atoms with Crippen LogP contribution in [0.4, 0.5) is 11.6 Å². The number of hydrogen-bond donors (Lipinski definition) is 1. The first kappa shape index (κ1) is 14.1. The summed E-state index contributed by atoms with van der Waals surface area (Å²) >= 11 is 0. The van der Waals surface area contributed by atoms with Gasteiger partial charge in [0.1, 0.15) is 17.5 Å². The molecule has 1 aromatic rings. The van der Waals surface area contributed by atoms with Gasteiger partial charge in [-0.3, -0.25) is 0 Å². The Morgan fingerprint density at radius 2 is 2.11 bits per heavy atom. The lowest BCUT2D eigenvalue weighted by molar-refractivity contribution is 0.0818. The fourth-order valence-electron chi connectivity index (χ4n) is 2.38. The number of anilines is 2. The Hall–Kier alpha value is -1.36. The predicted octanol–water partition coefficient (Wildman–Crippen LogP) is 2.22. The van der Waals surface area contributed by atoms with E-state index < -0.39 is 0 Å². The van der Waals surface area contributed by atoms with Crippen LogP contribution in [0.2, 0.25) is 0 Å². The summed E-state index contributed by atoms with van der Waals surface area (Å²) in [6.45, 7) is 7.05. The fraction of sp³-hybridized carbons (Fsp3) is 0.714. The molecule has 2 rings (SSSR count). The minimum atomic E-state index is 0.400. The lowest BCUT2D eigenvalue weighted by Crippen LogP contribution is -2.37. The first-order valence-electron chi connectivity index (χ1n) is 7.10. The molecule has 0 saturated carbocycles. The molecule has 2 heterocycles. The van der Waals surface area contributed by atoms with Gasteiger partial charge in [-0.2, -0.15) is 0 Å². The fourth-order valence-corrected chi connectivity index (χ4v) is 2.38. The molecule has 1 aliphatic heterocycles. The van der Waals surface area contributed by atoms with Crippen LogP contribution in [0.25, 0.3) is 0 Å². The van der Waals surface area contributed by atoms with Crippen molar-refractivity contribution in [3.8, 4) is 0 Å². The molecule has 106 valence electrons. The Morgan fingerprint density at radius 1 is 1.37 bits per heavy atom. The summed E-state index contributed by atoms with van der Waals surface area (Å²) in [6.07, 6.45) is 3.63. The first-order chi connectivity index (χ1) is 9.22. The number of methoxy groups -OCH3 is 1. The van der Waals surface area contributed by atoms with Crippen LogP contribution in [0.5, 0.6) is 0 Å². The van der Waals surface area contributed by atoms with Gasteiger partial charge < -0.3 is 15.0 Å². The zero-order valence-electron chi connectivity index (χ0n) is 12.1. The van der Waals surface area contributed by atoms with Gasteiger partial charge in [-0.15, -0.1) is 0 Å². The third kappa shape index (κ3) is 3.80. The third-order valence-corrected chi connectivity index (χ3v) is 3.48. The van der Waals surface area contributed by atoms with E-state index >= 15 is 0 Å². The molecule has 0 atom stereocenters. The van der Waals surface area contributed by atoms with Crippen molar-refractivity contribution < 1.29 is 4.74 Å². The Bertz CT molecular complexity index is 402. The van der Waals surface area contributed by atoms with E-state index in [-0.39, 0.29) is 0 Å². The molecule has 1 N–H and O–H groups in total. The molecular weight excluding hydrogens is 240 g/mol. The Balaban J connectivity index is 2.05. The number of aryl methyl sites for hydroxylation is 1. The smallest absolute Gasteiger partial charge is 0.134 e. The normalized spacial score (nSPS) is 16.7. The lowest BCUT2D eigenvalue weighted by Gasteiger charge is -2.32. The van der Waals surface area contributed by atoms with Crippen LogP contribution in [0.15, 0.2) is 6.07 Å². The first-order valence-corrected chi connectivity index (χ1v) is 7.10. The van der Waals surface area contributed by atoms with Crippen molar-refractivity contribution in [2.24, 2.45) is 0 Å². The highest BCUT2D eigenvalue weighted by atomic mass is 16.5. The van der Waals surface area contributed by atoms with Gasteiger partial charge in [0.2, 0.25) is 0 Å². The standard InChI is InChI=1S/C14H24N4O/c1-4-7-15-13-10-14(17-11(2)16-13)18-8-5-12(19-3)6-9-18/h10,12H,4-9H2,1-3H3,(H,15,16,17). The molecule has 0 aliphatic carbocycles. The van der Waals surface area contributed by atoms with Crippen molar-refractivity contribution in [3.63, 3.8) is 0 Å². The highest BCUT2D eigenvalue weighted by molar-refractivity contribution is 5.49. The maximum Gasteiger partial charge on any atom is 0.134 e. The van der Waals surface area contributed by atoms with Crippen LogP contribution >= 0.6 is 0 Å². The molecule has 5 heteroatoms. The molecule has 0 amide bonds. The minimum absolute atomic E-state index is 0.400. The molecule has 5 nitrogen and oxygen atoms in total. The number of ether oxygens (including phenoxy) is 1. The minimum Gasteiger partial charge on any atom is -0.381 e. The van der Waals surface area contributed by atoms with Gasteiger partial charge in [0.25, 0.3) is 0 Å². The molecular formula is C14H24N4O. The van der Waals surface area contributed by atoms with Gasteiger partial charge in [0, 0.05) is 32.8 Å². The van der Waals surface area contributed by atoms with Gasteiger partial charge in [-0.25, -0.2) is 9.97 Å². The van der Waals surface area contributed by atoms with Crippen LogP contribution in [-0.2, 0) is 4.74 Å². The van der Waals surface area contributed by atoms with E-state index in [4.69, 9.17) is 4.74 Å².